The molecule has 8 nitrogen and oxygen atoms in total. The highest BCUT2D eigenvalue weighted by molar-refractivity contribution is 5.94. The highest BCUT2D eigenvalue weighted by Gasteiger charge is 2.12. The van der Waals surface area contributed by atoms with Gasteiger partial charge in [-0.15, -0.1) is 10.2 Å². The molecule has 1 amide bonds. The Balaban J connectivity index is 1.97. The molecule has 0 aliphatic carbocycles. The molecule has 0 aromatic heterocycles. The molecule has 0 radical (unpaired) electrons. The third-order valence-corrected chi connectivity index (χ3v) is 2.07. The van der Waals surface area contributed by atoms with Crippen molar-refractivity contribution in [3.05, 3.63) is 24.3 Å². The summed E-state index contributed by atoms with van der Waals surface area (Å²) in [4.78, 5) is 15.6. The maximum Gasteiger partial charge on any atom is 0.313 e. The number of azo groups is 1. The molecule has 0 saturated carbocycles. The van der Waals surface area contributed by atoms with Crippen LogP contribution in [0.5, 0.6) is 0 Å². The SMILES string of the molecule is O=C(N=NC1=NCCCN1)C1=CN(O)C=CN1. The molecule has 8 heteroatoms. The van der Waals surface area contributed by atoms with Crippen LogP contribution in [0, 0.1) is 0 Å². The summed E-state index contributed by atoms with van der Waals surface area (Å²) >= 11 is 0. The lowest BCUT2D eigenvalue weighted by molar-refractivity contribution is -0.115. The van der Waals surface area contributed by atoms with Crippen molar-refractivity contribution in [2.75, 3.05) is 13.1 Å². The Morgan fingerprint density at radius 1 is 1.59 bits per heavy atom. The fourth-order valence-corrected chi connectivity index (χ4v) is 1.27. The van der Waals surface area contributed by atoms with Crippen LogP contribution in [-0.2, 0) is 4.79 Å². The second-order valence-electron chi connectivity index (χ2n) is 3.37. The minimum atomic E-state index is -0.580. The molecule has 0 aromatic carbocycles. The van der Waals surface area contributed by atoms with Gasteiger partial charge in [-0.25, -0.2) is 10.1 Å². The van der Waals surface area contributed by atoms with Crippen molar-refractivity contribution in [3.63, 3.8) is 0 Å². The van der Waals surface area contributed by atoms with Crippen molar-refractivity contribution >= 4 is 11.9 Å². The molecule has 3 N–H and O–H groups in total. The van der Waals surface area contributed by atoms with E-state index in [0.29, 0.717) is 12.5 Å². The molecule has 0 aromatic rings. The average Bonchev–Trinajstić information content (AvgIpc) is 2.37. The lowest BCUT2D eigenvalue weighted by Gasteiger charge is -2.13. The molecule has 2 heterocycles. The molecule has 17 heavy (non-hydrogen) atoms. The van der Waals surface area contributed by atoms with Gasteiger partial charge in [0.1, 0.15) is 5.70 Å². The molecular formula is C9H12N6O2. The van der Waals surface area contributed by atoms with E-state index in [1.807, 2.05) is 0 Å². The standard InChI is InChI=1S/C9H12N6O2/c16-8(7-6-15(17)5-4-10-7)13-14-9-11-2-1-3-12-9/h4-6,10,17H,1-3H2,(H,11,12). The van der Waals surface area contributed by atoms with E-state index < -0.39 is 5.91 Å². The zero-order valence-corrected chi connectivity index (χ0v) is 9.00. The summed E-state index contributed by atoms with van der Waals surface area (Å²) in [5.41, 5.74) is 0.134. The van der Waals surface area contributed by atoms with Crippen LogP contribution in [0.25, 0.3) is 0 Å². The van der Waals surface area contributed by atoms with Crippen LogP contribution in [0.3, 0.4) is 0 Å². The van der Waals surface area contributed by atoms with E-state index in [0.717, 1.165) is 18.0 Å². The average molecular weight is 236 g/mol. The van der Waals surface area contributed by atoms with E-state index in [1.165, 1.54) is 18.6 Å². The van der Waals surface area contributed by atoms with Gasteiger partial charge in [0.25, 0.3) is 0 Å². The summed E-state index contributed by atoms with van der Waals surface area (Å²) in [5.74, 6) is -0.221. The number of carbonyl (C=O) groups excluding carboxylic acids is 1. The third kappa shape index (κ3) is 3.11. The predicted octanol–water partition coefficient (Wildman–Crippen LogP) is -0.0785. The first-order valence-corrected chi connectivity index (χ1v) is 5.12. The molecule has 2 aliphatic rings. The molecular weight excluding hydrogens is 224 g/mol. The quantitative estimate of drug-likeness (QED) is 0.553. The second kappa shape index (κ2) is 5.21. The van der Waals surface area contributed by atoms with Crippen LogP contribution in [0.1, 0.15) is 6.42 Å². The van der Waals surface area contributed by atoms with Gasteiger partial charge < -0.3 is 10.6 Å². The van der Waals surface area contributed by atoms with Crippen LogP contribution < -0.4 is 10.6 Å². The molecule has 2 aliphatic heterocycles. The van der Waals surface area contributed by atoms with Crippen molar-refractivity contribution in [2.45, 2.75) is 6.42 Å². The first-order valence-electron chi connectivity index (χ1n) is 5.12. The van der Waals surface area contributed by atoms with Crippen LogP contribution in [0.15, 0.2) is 39.5 Å². The fraction of sp³-hybridized carbons (Fsp3) is 0.333. The first kappa shape index (κ1) is 11.3. The van der Waals surface area contributed by atoms with Crippen LogP contribution in [0.4, 0.5) is 0 Å². The van der Waals surface area contributed by atoms with Gasteiger partial charge in [-0.3, -0.25) is 10.0 Å². The number of nitrogens with zero attached hydrogens (tertiary/aromatic N) is 4. The fourth-order valence-electron chi connectivity index (χ4n) is 1.27. The van der Waals surface area contributed by atoms with Crippen molar-refractivity contribution in [2.24, 2.45) is 15.2 Å². The Morgan fingerprint density at radius 2 is 2.47 bits per heavy atom. The molecule has 2 rings (SSSR count). The van der Waals surface area contributed by atoms with Gasteiger partial charge in [-0.05, 0) is 6.42 Å². The normalized spacial score (nSPS) is 19.5. The lowest BCUT2D eigenvalue weighted by atomic mass is 10.4. The smallest absolute Gasteiger partial charge is 0.313 e. The molecule has 0 bridgehead atoms. The summed E-state index contributed by atoms with van der Waals surface area (Å²) in [7, 11) is 0. The Kier molecular flexibility index (Phi) is 3.46. The summed E-state index contributed by atoms with van der Waals surface area (Å²) in [5, 5.41) is 22.6. The van der Waals surface area contributed by atoms with Gasteiger partial charge in [0.05, 0.1) is 6.20 Å². The van der Waals surface area contributed by atoms with E-state index in [9.17, 15) is 4.79 Å². The van der Waals surface area contributed by atoms with Gasteiger partial charge >= 0.3 is 5.91 Å². The number of hydrogen-bond acceptors (Lipinski definition) is 7. The number of rotatable bonds is 1. The van der Waals surface area contributed by atoms with Crippen molar-refractivity contribution < 1.29 is 10.0 Å². The first-order chi connectivity index (χ1) is 8.25. The number of carbonyl (C=O) groups is 1. The van der Waals surface area contributed by atoms with Crippen molar-refractivity contribution in [3.8, 4) is 0 Å². The van der Waals surface area contributed by atoms with E-state index in [4.69, 9.17) is 5.21 Å². The molecule has 0 unspecified atom stereocenters. The maximum atomic E-state index is 11.5. The van der Waals surface area contributed by atoms with Crippen LogP contribution in [0.2, 0.25) is 0 Å². The minimum Gasteiger partial charge on any atom is -0.354 e. The summed E-state index contributed by atoms with van der Waals surface area (Å²) in [6, 6.07) is 0. The van der Waals surface area contributed by atoms with E-state index in [2.05, 4.69) is 25.9 Å². The van der Waals surface area contributed by atoms with Gasteiger partial charge in [-0.2, -0.15) is 0 Å². The number of nitrogens with one attached hydrogen (secondary N) is 2. The van der Waals surface area contributed by atoms with Gasteiger partial charge in [-0.1, -0.05) is 0 Å². The Hall–Kier alpha value is -2.22. The highest BCUT2D eigenvalue weighted by atomic mass is 16.5. The topological polar surface area (TPSA) is 102 Å². The highest BCUT2D eigenvalue weighted by Crippen LogP contribution is 2.02. The second-order valence-corrected chi connectivity index (χ2v) is 3.37. The Morgan fingerprint density at radius 3 is 3.18 bits per heavy atom. The lowest BCUT2D eigenvalue weighted by Crippen LogP contribution is -2.28. The molecule has 0 atom stereocenters. The number of hydroxylamine groups is 2. The number of amides is 1. The number of aliphatic imine (C=N–C) groups is 1. The van der Waals surface area contributed by atoms with Crippen LogP contribution in [-0.4, -0.2) is 35.2 Å². The molecule has 90 valence electrons. The van der Waals surface area contributed by atoms with E-state index in [-0.39, 0.29) is 5.70 Å². The molecule has 0 spiro atoms. The van der Waals surface area contributed by atoms with Crippen LogP contribution >= 0.6 is 0 Å². The van der Waals surface area contributed by atoms with Crippen molar-refractivity contribution in [1.82, 2.24) is 15.7 Å². The van der Waals surface area contributed by atoms with Gasteiger partial charge in [0, 0.05) is 25.5 Å². The maximum absolute atomic E-state index is 11.5. The monoisotopic (exact) mass is 236 g/mol. The largest absolute Gasteiger partial charge is 0.354 e. The predicted molar refractivity (Wildman–Crippen MR) is 58.8 cm³/mol. The minimum absolute atomic E-state index is 0.134. The van der Waals surface area contributed by atoms with E-state index >= 15 is 0 Å². The van der Waals surface area contributed by atoms with Gasteiger partial charge in [0.15, 0.2) is 0 Å². The van der Waals surface area contributed by atoms with E-state index in [1.54, 1.807) is 0 Å². The zero-order chi connectivity index (χ0) is 12.1. The Labute approximate surface area is 97.4 Å². The third-order valence-electron chi connectivity index (χ3n) is 2.07. The molecule has 0 saturated heterocycles. The van der Waals surface area contributed by atoms with Crippen molar-refractivity contribution in [1.29, 1.82) is 0 Å². The summed E-state index contributed by atoms with van der Waals surface area (Å²) < 4.78 is 0. The molecule has 0 fully saturated rings. The summed E-state index contributed by atoms with van der Waals surface area (Å²) in [6.45, 7) is 1.46. The number of guanidine groups is 1. The Bertz CT molecular complexity index is 425. The zero-order valence-electron chi connectivity index (χ0n) is 9.00. The van der Waals surface area contributed by atoms with Gasteiger partial charge in [0.2, 0.25) is 5.96 Å². The number of hydrogen-bond donors (Lipinski definition) is 3. The summed E-state index contributed by atoms with van der Waals surface area (Å²) in [6.07, 6.45) is 4.92.